The Bertz CT molecular complexity index is 814. The van der Waals surface area contributed by atoms with Gasteiger partial charge in [-0.1, -0.05) is 30.3 Å². The van der Waals surface area contributed by atoms with Crippen molar-refractivity contribution >= 4 is 35.7 Å². The molecule has 10 heteroatoms. The van der Waals surface area contributed by atoms with Crippen molar-refractivity contribution in [3.63, 3.8) is 0 Å². The summed E-state index contributed by atoms with van der Waals surface area (Å²) in [4.78, 5) is 49.3. The Labute approximate surface area is 172 Å². The zero-order chi connectivity index (χ0) is 21.2. The zero-order valence-corrected chi connectivity index (χ0v) is 17.1. The van der Waals surface area contributed by atoms with E-state index in [2.05, 4.69) is 10.1 Å². The van der Waals surface area contributed by atoms with Crippen molar-refractivity contribution in [2.45, 2.75) is 49.6 Å². The van der Waals surface area contributed by atoms with Crippen LogP contribution in [0.25, 0.3) is 0 Å². The molecular formula is C19H22N2O7S. The fraction of sp³-hybridized carbons (Fsp3) is 0.474. The van der Waals surface area contributed by atoms with E-state index < -0.39 is 47.0 Å². The molecule has 2 aliphatic heterocycles. The van der Waals surface area contributed by atoms with Gasteiger partial charge in [-0.2, -0.15) is 0 Å². The highest BCUT2D eigenvalue weighted by molar-refractivity contribution is 8.01. The molecule has 2 aliphatic rings. The summed E-state index contributed by atoms with van der Waals surface area (Å²) in [6, 6.07) is 7.55. The molecule has 3 atom stereocenters. The molecule has 0 aromatic heterocycles. The zero-order valence-electron chi connectivity index (χ0n) is 16.2. The molecule has 29 heavy (non-hydrogen) atoms. The predicted octanol–water partition coefficient (Wildman–Crippen LogP) is 1.41. The second-order valence-electron chi connectivity index (χ2n) is 7.16. The first-order chi connectivity index (χ1) is 13.7. The van der Waals surface area contributed by atoms with Crippen LogP contribution in [0.2, 0.25) is 0 Å². The maximum atomic E-state index is 12.6. The van der Waals surface area contributed by atoms with Gasteiger partial charge in [0.1, 0.15) is 24.1 Å². The molecule has 3 rings (SSSR count). The number of nitrogens with zero attached hydrogens (tertiary/aromatic N) is 1. The maximum Gasteiger partial charge on any atom is 0.408 e. The van der Waals surface area contributed by atoms with E-state index in [-0.39, 0.29) is 12.5 Å². The summed E-state index contributed by atoms with van der Waals surface area (Å²) in [6.45, 7) is 4.40. The fourth-order valence-electron chi connectivity index (χ4n) is 3.27. The van der Waals surface area contributed by atoms with Gasteiger partial charge in [0.2, 0.25) is 12.7 Å². The van der Waals surface area contributed by atoms with Crippen molar-refractivity contribution in [2.24, 2.45) is 0 Å². The number of carbonyl (C=O) groups is 4. The molecule has 1 N–H and O–H groups in total. The number of esters is 2. The first-order valence-corrected chi connectivity index (χ1v) is 9.86. The van der Waals surface area contributed by atoms with Gasteiger partial charge in [0.15, 0.2) is 0 Å². The highest BCUT2D eigenvalue weighted by Crippen LogP contribution is 2.51. The molecular weight excluding hydrogens is 400 g/mol. The van der Waals surface area contributed by atoms with Crippen molar-refractivity contribution in [1.29, 1.82) is 0 Å². The molecule has 0 radical (unpaired) electrons. The number of rotatable bonds is 6. The molecule has 2 amide bonds. The standard InChI is InChI=1S/C19H22N2O7S/c1-11(22)27-10-28-17(24)14-19(2,3)29-16-13(15(23)21(14)16)20-18(25)26-9-12-7-5-4-6-8-12/h4-8,13-14,16H,9-10H2,1-3H3,(H,20,25)/t13?,14-,16+/m0/s1. The average Bonchev–Trinajstić information content (AvgIpc) is 2.93. The molecule has 2 saturated heterocycles. The first-order valence-electron chi connectivity index (χ1n) is 8.98. The van der Waals surface area contributed by atoms with Gasteiger partial charge in [-0.3, -0.25) is 9.59 Å². The van der Waals surface area contributed by atoms with Gasteiger partial charge in [-0.25, -0.2) is 9.59 Å². The quantitative estimate of drug-likeness (QED) is 0.416. The van der Waals surface area contributed by atoms with E-state index in [1.165, 1.54) is 23.6 Å². The number of ether oxygens (including phenoxy) is 3. The van der Waals surface area contributed by atoms with E-state index in [9.17, 15) is 19.2 Å². The third kappa shape index (κ3) is 4.47. The normalized spacial score (nSPS) is 24.2. The van der Waals surface area contributed by atoms with Crippen molar-refractivity contribution in [3.05, 3.63) is 35.9 Å². The highest BCUT2D eigenvalue weighted by Gasteiger charge is 2.64. The molecule has 0 spiro atoms. The molecule has 0 aliphatic carbocycles. The number of amides is 2. The molecule has 0 bridgehead atoms. The maximum absolute atomic E-state index is 12.6. The molecule has 156 valence electrons. The SMILES string of the molecule is CC(=O)OCOC(=O)[C@@H]1N2C(=O)C(NC(=O)OCc3ccccc3)[C@H]2SC1(C)C. The number of benzene rings is 1. The molecule has 0 saturated carbocycles. The van der Waals surface area contributed by atoms with Gasteiger partial charge in [0.25, 0.3) is 0 Å². The van der Waals surface area contributed by atoms with Gasteiger partial charge in [-0.05, 0) is 19.4 Å². The van der Waals surface area contributed by atoms with E-state index in [1.54, 1.807) is 0 Å². The molecule has 1 unspecified atom stereocenters. The van der Waals surface area contributed by atoms with Crippen LogP contribution in [0.3, 0.4) is 0 Å². The third-order valence-electron chi connectivity index (χ3n) is 4.61. The molecule has 1 aromatic carbocycles. The van der Waals surface area contributed by atoms with Gasteiger partial charge in [0.05, 0.1) is 0 Å². The molecule has 9 nitrogen and oxygen atoms in total. The summed E-state index contributed by atoms with van der Waals surface area (Å²) in [5, 5.41) is 2.16. The summed E-state index contributed by atoms with van der Waals surface area (Å²) >= 11 is 1.39. The minimum atomic E-state index is -0.848. The van der Waals surface area contributed by atoms with Gasteiger partial charge < -0.3 is 24.4 Å². The largest absolute Gasteiger partial charge is 0.445 e. The Hall–Kier alpha value is -2.75. The monoisotopic (exact) mass is 422 g/mol. The number of carbonyl (C=O) groups excluding carboxylic acids is 4. The lowest BCUT2D eigenvalue weighted by atomic mass is 9.96. The van der Waals surface area contributed by atoms with Crippen molar-refractivity contribution in [3.8, 4) is 0 Å². The topological polar surface area (TPSA) is 111 Å². The Kier molecular flexibility index (Phi) is 6.02. The van der Waals surface area contributed by atoms with Crippen LogP contribution in [-0.2, 0) is 35.2 Å². The predicted molar refractivity (Wildman–Crippen MR) is 102 cm³/mol. The summed E-state index contributed by atoms with van der Waals surface area (Å²) in [6.07, 6.45) is -0.703. The van der Waals surface area contributed by atoms with Gasteiger partial charge >= 0.3 is 18.0 Å². The van der Waals surface area contributed by atoms with E-state index in [4.69, 9.17) is 9.47 Å². The Morgan fingerprint density at radius 3 is 2.48 bits per heavy atom. The second kappa shape index (κ2) is 8.32. The van der Waals surface area contributed by atoms with Crippen LogP contribution in [0.15, 0.2) is 30.3 Å². The Balaban J connectivity index is 1.56. The average molecular weight is 422 g/mol. The van der Waals surface area contributed by atoms with E-state index in [0.717, 1.165) is 5.56 Å². The summed E-state index contributed by atoms with van der Waals surface area (Å²) < 4.78 is 14.1. The van der Waals surface area contributed by atoms with E-state index in [1.807, 2.05) is 44.2 Å². The van der Waals surface area contributed by atoms with E-state index >= 15 is 0 Å². The van der Waals surface area contributed by atoms with Crippen LogP contribution in [0.4, 0.5) is 4.79 Å². The molecule has 2 heterocycles. The van der Waals surface area contributed by atoms with Gasteiger partial charge in [0, 0.05) is 11.7 Å². The van der Waals surface area contributed by atoms with Crippen LogP contribution in [0.5, 0.6) is 0 Å². The highest BCUT2D eigenvalue weighted by atomic mass is 32.2. The van der Waals surface area contributed by atoms with E-state index in [0.29, 0.717) is 0 Å². The van der Waals surface area contributed by atoms with Crippen molar-refractivity contribution < 1.29 is 33.4 Å². The number of hydrogen-bond acceptors (Lipinski definition) is 8. The Morgan fingerprint density at radius 1 is 1.14 bits per heavy atom. The minimum absolute atomic E-state index is 0.0890. The van der Waals surface area contributed by atoms with Crippen molar-refractivity contribution in [2.75, 3.05) is 6.79 Å². The van der Waals surface area contributed by atoms with Crippen LogP contribution < -0.4 is 5.32 Å². The number of thioether (sulfide) groups is 1. The van der Waals surface area contributed by atoms with Gasteiger partial charge in [-0.15, -0.1) is 11.8 Å². The molecule has 2 fully saturated rings. The fourth-order valence-corrected chi connectivity index (χ4v) is 4.89. The summed E-state index contributed by atoms with van der Waals surface area (Å²) in [7, 11) is 0. The first kappa shape index (κ1) is 21.0. The van der Waals surface area contributed by atoms with Crippen LogP contribution >= 0.6 is 11.8 Å². The third-order valence-corrected chi connectivity index (χ3v) is 6.19. The lowest BCUT2D eigenvalue weighted by molar-refractivity contribution is -0.175. The Morgan fingerprint density at radius 2 is 1.83 bits per heavy atom. The van der Waals surface area contributed by atoms with Crippen LogP contribution in [0.1, 0.15) is 26.3 Å². The van der Waals surface area contributed by atoms with Crippen LogP contribution in [0, 0.1) is 0 Å². The second-order valence-corrected chi connectivity index (χ2v) is 8.93. The van der Waals surface area contributed by atoms with Crippen molar-refractivity contribution in [1.82, 2.24) is 10.2 Å². The van der Waals surface area contributed by atoms with Crippen LogP contribution in [-0.4, -0.2) is 57.8 Å². The number of fused-ring (bicyclic) bond motifs is 1. The summed E-state index contributed by atoms with van der Waals surface area (Å²) in [5.74, 6) is -1.63. The number of alkyl carbamates (subject to hydrolysis) is 1. The lowest BCUT2D eigenvalue weighted by Crippen LogP contribution is -2.70. The lowest BCUT2D eigenvalue weighted by Gasteiger charge is -2.43. The number of hydrogen-bond donors (Lipinski definition) is 1. The minimum Gasteiger partial charge on any atom is -0.445 e. The molecule has 1 aromatic rings. The summed E-state index contributed by atoms with van der Waals surface area (Å²) in [5.41, 5.74) is 0.830. The number of nitrogens with one attached hydrogen (secondary N) is 1. The smallest absolute Gasteiger partial charge is 0.408 e. The number of β-lactam (4-membered cyclic amide) rings is 1.